The first kappa shape index (κ1) is 37.1. The van der Waals surface area contributed by atoms with Crippen molar-refractivity contribution in [1.29, 1.82) is 0 Å². The molecule has 0 saturated carbocycles. The highest BCUT2D eigenvalue weighted by molar-refractivity contribution is 6.46. The summed E-state index contributed by atoms with van der Waals surface area (Å²) in [4.78, 5) is 35.4. The molecule has 43 heavy (non-hydrogen) atoms. The molecule has 7 nitrogen and oxygen atoms in total. The highest BCUT2D eigenvalue weighted by Crippen LogP contribution is 2.21. The summed E-state index contributed by atoms with van der Waals surface area (Å²) in [6.45, 7) is 18.3. The number of carboxylic acids is 1. The van der Waals surface area contributed by atoms with Crippen molar-refractivity contribution in [3.63, 3.8) is 0 Å². The standard InChI is InChI=1S/C31H40N4O3.C4H7Cl/c1-6-8-11-28-27(12-9-10-13-30(36)37)32-19-18-26(17-16-25(5)34-28)31(38)33-20-21-35(7-2)29-22-23(3)14-15-24(29)4;1-2-3-4-5/h6,8,11,14-18,22H,1,5,7,9-10,12-13,19-21H2,2-4H3,(H,33,38)(H,36,37);2-3H,4H2,1H3/b11-8+,17-16-,26-18+,32-27?,34-28?;3-2-. The second-order valence-corrected chi connectivity index (χ2v) is 10.1. The Kier molecular flexibility index (Phi) is 18.7. The molecule has 1 aliphatic heterocycles. The predicted molar refractivity (Wildman–Crippen MR) is 184 cm³/mol. The number of allylic oxidation sites excluding steroid dienone is 6. The molecule has 1 aliphatic rings. The number of benzene rings is 1. The van der Waals surface area contributed by atoms with Crippen molar-refractivity contribution >= 4 is 40.6 Å². The number of anilines is 1. The molecule has 232 valence electrons. The number of unbranched alkanes of at least 4 members (excludes halogenated alkanes) is 1. The van der Waals surface area contributed by atoms with Gasteiger partial charge >= 0.3 is 5.97 Å². The molecule has 0 aromatic heterocycles. The summed E-state index contributed by atoms with van der Waals surface area (Å²) in [5.41, 5.74) is 5.97. The van der Waals surface area contributed by atoms with Crippen LogP contribution in [0.4, 0.5) is 5.69 Å². The largest absolute Gasteiger partial charge is 0.481 e. The fourth-order valence-corrected chi connectivity index (χ4v) is 4.27. The van der Waals surface area contributed by atoms with E-state index in [4.69, 9.17) is 21.7 Å². The highest BCUT2D eigenvalue weighted by Gasteiger charge is 2.12. The third kappa shape index (κ3) is 15.2. The fourth-order valence-electron chi connectivity index (χ4n) is 4.09. The number of carbonyl (C=O) groups excluding carboxylic acids is 1. The van der Waals surface area contributed by atoms with Crippen molar-refractivity contribution in [2.24, 2.45) is 9.98 Å². The number of carbonyl (C=O) groups is 2. The van der Waals surface area contributed by atoms with Gasteiger partial charge in [-0.2, -0.15) is 0 Å². The Morgan fingerprint density at radius 1 is 1.21 bits per heavy atom. The smallest absolute Gasteiger partial charge is 0.303 e. The lowest BCUT2D eigenvalue weighted by Crippen LogP contribution is -2.35. The number of aliphatic imine (C=N–C) groups is 2. The van der Waals surface area contributed by atoms with Crippen LogP contribution in [0.1, 0.15) is 50.7 Å². The number of carboxylic acid groups (broad SMARTS) is 1. The van der Waals surface area contributed by atoms with E-state index in [2.05, 4.69) is 67.3 Å². The van der Waals surface area contributed by atoms with E-state index in [1.807, 2.05) is 25.2 Å². The Morgan fingerprint density at radius 2 is 1.98 bits per heavy atom. The van der Waals surface area contributed by atoms with Crippen molar-refractivity contribution in [1.82, 2.24) is 5.32 Å². The minimum absolute atomic E-state index is 0.112. The first-order valence-corrected chi connectivity index (χ1v) is 15.2. The minimum atomic E-state index is -0.813. The van der Waals surface area contributed by atoms with E-state index in [1.54, 1.807) is 30.4 Å². The molecule has 1 aromatic carbocycles. The van der Waals surface area contributed by atoms with E-state index < -0.39 is 5.97 Å². The molecule has 8 heteroatoms. The van der Waals surface area contributed by atoms with E-state index in [-0.39, 0.29) is 12.3 Å². The zero-order valence-electron chi connectivity index (χ0n) is 26.1. The van der Waals surface area contributed by atoms with Gasteiger partial charge in [0.1, 0.15) is 0 Å². The van der Waals surface area contributed by atoms with Gasteiger partial charge in [-0.25, -0.2) is 4.99 Å². The van der Waals surface area contributed by atoms with Crippen LogP contribution >= 0.6 is 11.6 Å². The minimum Gasteiger partial charge on any atom is -0.481 e. The lowest BCUT2D eigenvalue weighted by Gasteiger charge is -2.25. The van der Waals surface area contributed by atoms with Crippen LogP contribution in [-0.2, 0) is 9.59 Å². The van der Waals surface area contributed by atoms with Crippen LogP contribution in [0, 0.1) is 13.8 Å². The second kappa shape index (κ2) is 21.7. The van der Waals surface area contributed by atoms with Crippen LogP contribution in [0.25, 0.3) is 0 Å². The Hall–Kier alpha value is -3.97. The molecule has 1 heterocycles. The van der Waals surface area contributed by atoms with Crippen molar-refractivity contribution < 1.29 is 14.7 Å². The van der Waals surface area contributed by atoms with Gasteiger partial charge < -0.3 is 15.3 Å². The van der Waals surface area contributed by atoms with Gasteiger partial charge in [-0.1, -0.05) is 55.7 Å². The molecule has 2 N–H and O–H groups in total. The molecule has 0 fully saturated rings. The van der Waals surface area contributed by atoms with E-state index in [1.165, 1.54) is 16.8 Å². The third-order valence-electron chi connectivity index (χ3n) is 6.39. The van der Waals surface area contributed by atoms with E-state index in [9.17, 15) is 9.59 Å². The third-order valence-corrected chi connectivity index (χ3v) is 6.57. The summed E-state index contributed by atoms with van der Waals surface area (Å²) >= 11 is 5.21. The van der Waals surface area contributed by atoms with Gasteiger partial charge in [0.2, 0.25) is 0 Å². The first-order chi connectivity index (χ1) is 20.7. The number of rotatable bonds is 14. The van der Waals surface area contributed by atoms with Crippen molar-refractivity contribution in [3.8, 4) is 0 Å². The average Bonchev–Trinajstić information content (AvgIpc) is 2.98. The monoisotopic (exact) mass is 606 g/mol. The van der Waals surface area contributed by atoms with Gasteiger partial charge in [-0.15, -0.1) is 11.6 Å². The molecular formula is C35H47ClN4O3. The van der Waals surface area contributed by atoms with Gasteiger partial charge in [0.05, 0.1) is 23.7 Å². The normalized spacial score (nSPS) is 15.5. The van der Waals surface area contributed by atoms with Gasteiger partial charge in [0.25, 0.3) is 5.91 Å². The Balaban J connectivity index is 0.00000170. The van der Waals surface area contributed by atoms with Gasteiger partial charge in [-0.3, -0.25) is 14.6 Å². The number of nitrogens with zero attached hydrogens (tertiary/aromatic N) is 3. The zero-order valence-corrected chi connectivity index (χ0v) is 26.9. The summed E-state index contributed by atoms with van der Waals surface area (Å²) in [5.74, 6) is -0.358. The summed E-state index contributed by atoms with van der Waals surface area (Å²) in [5, 5.41) is 12.0. The molecule has 0 aliphatic carbocycles. The van der Waals surface area contributed by atoms with E-state index >= 15 is 0 Å². The van der Waals surface area contributed by atoms with Gasteiger partial charge in [0.15, 0.2) is 0 Å². The zero-order chi connectivity index (χ0) is 32.0. The molecule has 0 unspecified atom stereocenters. The number of aryl methyl sites for hydroxylation is 2. The topological polar surface area (TPSA) is 94.4 Å². The highest BCUT2D eigenvalue weighted by atomic mass is 35.5. The van der Waals surface area contributed by atoms with Gasteiger partial charge in [-0.05, 0) is 82.4 Å². The maximum Gasteiger partial charge on any atom is 0.303 e. The number of hydrogen-bond acceptors (Lipinski definition) is 5. The SMILES string of the molecule is C/C=C\CCl.C=C/C=C/C1=NC(=C)/C=C\C(C(=O)NCCN(CC)c2cc(C)ccc2C)=C/CN=C1CCCCC(=O)O. The molecule has 0 bridgehead atoms. The van der Waals surface area contributed by atoms with Crippen molar-refractivity contribution in [2.45, 2.75) is 53.4 Å². The molecule has 2 rings (SSSR count). The summed E-state index contributed by atoms with van der Waals surface area (Å²) in [7, 11) is 0. The maximum absolute atomic E-state index is 13.0. The quantitative estimate of drug-likeness (QED) is 0.100. The number of hydrogen-bond donors (Lipinski definition) is 2. The number of likely N-dealkylation sites (N-methyl/N-ethyl adjacent to an activating group) is 1. The molecule has 0 atom stereocenters. The molecule has 0 spiro atoms. The average molecular weight is 607 g/mol. The number of halogens is 1. The fraction of sp³-hybridized carbons (Fsp3) is 0.371. The number of amides is 1. The van der Waals surface area contributed by atoms with E-state index in [0.29, 0.717) is 61.8 Å². The van der Waals surface area contributed by atoms with Crippen LogP contribution in [0.2, 0.25) is 0 Å². The lowest BCUT2D eigenvalue weighted by molar-refractivity contribution is -0.137. The molecular weight excluding hydrogens is 560 g/mol. The number of nitrogens with one attached hydrogen (secondary N) is 1. The second-order valence-electron chi connectivity index (χ2n) is 9.81. The summed E-state index contributed by atoms with van der Waals surface area (Å²) < 4.78 is 0. The van der Waals surface area contributed by atoms with Crippen LogP contribution in [0.15, 0.2) is 101 Å². The maximum atomic E-state index is 13.0. The molecule has 0 radical (unpaired) electrons. The van der Waals surface area contributed by atoms with Crippen LogP contribution in [0.5, 0.6) is 0 Å². The molecule has 1 aromatic rings. The van der Waals surface area contributed by atoms with Crippen LogP contribution in [-0.4, -0.2) is 60.5 Å². The summed E-state index contributed by atoms with van der Waals surface area (Å²) in [6.07, 6.45) is 16.2. The first-order valence-electron chi connectivity index (χ1n) is 14.6. The van der Waals surface area contributed by atoms with Crippen LogP contribution < -0.4 is 10.2 Å². The van der Waals surface area contributed by atoms with Crippen molar-refractivity contribution in [2.75, 3.05) is 37.0 Å². The predicted octanol–water partition coefficient (Wildman–Crippen LogP) is 7.33. The molecule has 1 amide bonds. The number of aliphatic carboxylic acids is 1. The van der Waals surface area contributed by atoms with Gasteiger partial charge in [0, 0.05) is 43.2 Å². The summed E-state index contributed by atoms with van der Waals surface area (Å²) in [6, 6.07) is 6.40. The Morgan fingerprint density at radius 3 is 2.60 bits per heavy atom. The Bertz CT molecular complexity index is 1270. The lowest BCUT2D eigenvalue weighted by atomic mass is 10.1. The molecule has 0 saturated heterocycles. The van der Waals surface area contributed by atoms with E-state index in [0.717, 1.165) is 12.3 Å². The number of alkyl halides is 1. The van der Waals surface area contributed by atoms with Crippen molar-refractivity contribution in [3.05, 3.63) is 102 Å². The van der Waals surface area contributed by atoms with Crippen LogP contribution in [0.3, 0.4) is 0 Å². The Labute approximate surface area is 262 Å².